The van der Waals surface area contributed by atoms with Crippen LogP contribution in [0.2, 0.25) is 0 Å². The van der Waals surface area contributed by atoms with Crippen LogP contribution in [0.1, 0.15) is 19.3 Å². The van der Waals surface area contributed by atoms with Crippen LogP contribution in [0.3, 0.4) is 0 Å². The number of benzene rings is 1. The third-order valence-corrected chi connectivity index (χ3v) is 6.35. The lowest BCUT2D eigenvalue weighted by Gasteiger charge is -2.32. The van der Waals surface area contributed by atoms with Crippen molar-refractivity contribution in [3.8, 4) is 0 Å². The fraction of sp³-hybridized carbons (Fsp3) is 0.556. The number of rotatable bonds is 5. The molecule has 24 heavy (non-hydrogen) atoms. The number of carbonyl (C=O) groups is 2. The number of ether oxygens (including phenoxy) is 2. The molecule has 2 heterocycles. The van der Waals surface area contributed by atoms with E-state index in [2.05, 4.69) is 12.1 Å². The molecular weight excluding hydrogens is 326 g/mol. The number of carbonyl (C=O) groups excluding carboxylic acids is 2. The summed E-state index contributed by atoms with van der Waals surface area (Å²) in [4.78, 5) is 28.3. The van der Waals surface area contributed by atoms with E-state index in [-0.39, 0.29) is 12.0 Å². The summed E-state index contributed by atoms with van der Waals surface area (Å²) in [5.41, 5.74) is -1.27. The molecule has 5 nitrogen and oxygen atoms in total. The number of nitrogens with zero attached hydrogens (tertiary/aromatic N) is 1. The van der Waals surface area contributed by atoms with Crippen LogP contribution < -0.4 is 0 Å². The van der Waals surface area contributed by atoms with Gasteiger partial charge in [0.25, 0.3) is 0 Å². The van der Waals surface area contributed by atoms with Gasteiger partial charge in [-0.15, -0.1) is 11.8 Å². The van der Waals surface area contributed by atoms with Crippen LogP contribution in [0, 0.1) is 5.92 Å². The Hall–Kier alpha value is -1.53. The first-order chi connectivity index (χ1) is 11.6. The Morgan fingerprint density at radius 2 is 1.88 bits per heavy atom. The fourth-order valence-corrected chi connectivity index (χ4v) is 5.20. The van der Waals surface area contributed by atoms with Crippen LogP contribution in [-0.4, -0.2) is 54.9 Å². The highest BCUT2D eigenvalue weighted by molar-refractivity contribution is 7.99. The Labute approximate surface area is 146 Å². The molecule has 0 N–H and O–H groups in total. The van der Waals surface area contributed by atoms with Gasteiger partial charge in [-0.2, -0.15) is 0 Å². The summed E-state index contributed by atoms with van der Waals surface area (Å²) < 4.78 is 9.98. The van der Waals surface area contributed by atoms with Gasteiger partial charge in [-0.1, -0.05) is 18.2 Å². The zero-order valence-electron chi connectivity index (χ0n) is 14.1. The van der Waals surface area contributed by atoms with Gasteiger partial charge in [0.2, 0.25) is 5.54 Å². The van der Waals surface area contributed by atoms with Crippen molar-refractivity contribution in [1.29, 1.82) is 0 Å². The van der Waals surface area contributed by atoms with Crippen molar-refractivity contribution in [3.63, 3.8) is 0 Å². The van der Waals surface area contributed by atoms with Crippen molar-refractivity contribution in [1.82, 2.24) is 4.90 Å². The molecule has 0 aromatic heterocycles. The first-order valence-corrected chi connectivity index (χ1v) is 9.23. The average molecular weight is 349 g/mol. The Bertz CT molecular complexity index is 590. The Balaban J connectivity index is 1.82. The highest BCUT2D eigenvalue weighted by atomic mass is 32.2. The van der Waals surface area contributed by atoms with Crippen LogP contribution in [-0.2, 0) is 19.1 Å². The van der Waals surface area contributed by atoms with E-state index < -0.39 is 17.5 Å². The van der Waals surface area contributed by atoms with Gasteiger partial charge in [0.15, 0.2) is 0 Å². The van der Waals surface area contributed by atoms with Gasteiger partial charge in [0.05, 0.1) is 14.2 Å². The van der Waals surface area contributed by atoms with Gasteiger partial charge in [-0.05, 0) is 37.3 Å². The van der Waals surface area contributed by atoms with Crippen molar-refractivity contribution in [3.05, 3.63) is 30.3 Å². The van der Waals surface area contributed by atoms with Crippen molar-refractivity contribution in [2.45, 2.75) is 35.7 Å². The molecule has 0 saturated carbocycles. The molecule has 2 fully saturated rings. The van der Waals surface area contributed by atoms with Crippen LogP contribution >= 0.6 is 11.8 Å². The maximum atomic E-state index is 12.5. The Morgan fingerprint density at radius 1 is 1.21 bits per heavy atom. The molecule has 3 rings (SSSR count). The van der Waals surface area contributed by atoms with Gasteiger partial charge >= 0.3 is 11.9 Å². The minimum absolute atomic E-state index is 0.236. The normalized spacial score (nSPS) is 25.2. The molecule has 2 saturated heterocycles. The predicted octanol–water partition coefficient (Wildman–Crippen LogP) is 2.35. The van der Waals surface area contributed by atoms with Crippen LogP contribution in [0.4, 0.5) is 0 Å². The number of hydrogen-bond acceptors (Lipinski definition) is 6. The molecule has 0 spiro atoms. The van der Waals surface area contributed by atoms with Gasteiger partial charge < -0.3 is 9.47 Å². The zero-order valence-corrected chi connectivity index (χ0v) is 14.9. The summed E-state index contributed by atoms with van der Waals surface area (Å²) in [5.74, 6) is 0.152. The summed E-state index contributed by atoms with van der Waals surface area (Å²) in [6.45, 7) is 0.737. The average Bonchev–Trinajstić information content (AvgIpc) is 3.22. The number of hydrogen-bond donors (Lipinski definition) is 0. The monoisotopic (exact) mass is 349 g/mol. The molecule has 0 radical (unpaired) electrons. The minimum Gasteiger partial charge on any atom is -0.467 e. The molecule has 1 aromatic carbocycles. The Morgan fingerprint density at radius 3 is 2.50 bits per heavy atom. The van der Waals surface area contributed by atoms with E-state index in [4.69, 9.17) is 9.47 Å². The van der Waals surface area contributed by atoms with Crippen LogP contribution in [0.5, 0.6) is 0 Å². The van der Waals surface area contributed by atoms with Gasteiger partial charge in [0.1, 0.15) is 0 Å². The smallest absolute Gasteiger partial charge is 0.338 e. The predicted molar refractivity (Wildman–Crippen MR) is 91.8 cm³/mol. The first-order valence-electron chi connectivity index (χ1n) is 8.25. The van der Waals surface area contributed by atoms with E-state index in [1.807, 2.05) is 23.1 Å². The molecule has 130 valence electrons. The molecule has 2 aliphatic rings. The van der Waals surface area contributed by atoms with E-state index in [1.54, 1.807) is 11.8 Å². The van der Waals surface area contributed by atoms with E-state index in [1.165, 1.54) is 19.1 Å². The van der Waals surface area contributed by atoms with Gasteiger partial charge in [-0.25, -0.2) is 9.59 Å². The van der Waals surface area contributed by atoms with Gasteiger partial charge in [0, 0.05) is 23.2 Å². The highest BCUT2D eigenvalue weighted by Gasteiger charge is 2.63. The van der Waals surface area contributed by atoms with Gasteiger partial charge in [-0.3, -0.25) is 4.90 Å². The Kier molecular flexibility index (Phi) is 5.15. The van der Waals surface area contributed by atoms with Crippen molar-refractivity contribution >= 4 is 23.7 Å². The zero-order chi connectivity index (χ0) is 17.2. The summed E-state index contributed by atoms with van der Waals surface area (Å²) in [7, 11) is 2.67. The minimum atomic E-state index is -1.27. The molecule has 2 atom stereocenters. The summed E-state index contributed by atoms with van der Waals surface area (Å²) in [6.07, 6.45) is 2.47. The fourth-order valence-electron chi connectivity index (χ4n) is 4.10. The van der Waals surface area contributed by atoms with Crippen LogP contribution in [0.15, 0.2) is 35.2 Å². The highest BCUT2D eigenvalue weighted by Crippen LogP contribution is 2.46. The molecule has 6 heteroatoms. The SMILES string of the molecule is COC(=O)C1(C(=O)OC)C[C@H](CSc2ccccc2)[C@@H]2CCCN21. The molecular formula is C18H23NO4S. The molecule has 0 aliphatic carbocycles. The first kappa shape index (κ1) is 17.3. The second kappa shape index (κ2) is 7.15. The molecule has 0 unspecified atom stereocenters. The number of fused-ring (bicyclic) bond motifs is 1. The van der Waals surface area contributed by atoms with E-state index in [0.29, 0.717) is 6.42 Å². The largest absolute Gasteiger partial charge is 0.467 e. The maximum absolute atomic E-state index is 12.5. The maximum Gasteiger partial charge on any atom is 0.338 e. The van der Waals surface area contributed by atoms with E-state index in [0.717, 1.165) is 25.1 Å². The second-order valence-electron chi connectivity index (χ2n) is 6.33. The second-order valence-corrected chi connectivity index (χ2v) is 7.43. The topological polar surface area (TPSA) is 55.8 Å². The molecule has 1 aromatic rings. The third-order valence-electron chi connectivity index (χ3n) is 5.14. The van der Waals surface area contributed by atoms with Crippen molar-refractivity contribution in [2.75, 3.05) is 26.5 Å². The molecule has 0 amide bonds. The third kappa shape index (κ3) is 2.82. The quantitative estimate of drug-likeness (QED) is 0.462. The summed E-state index contributed by atoms with van der Waals surface area (Å²) >= 11 is 1.78. The van der Waals surface area contributed by atoms with Crippen molar-refractivity contribution in [2.24, 2.45) is 5.92 Å². The van der Waals surface area contributed by atoms with E-state index in [9.17, 15) is 9.59 Å². The number of esters is 2. The standard InChI is InChI=1S/C18H23NO4S/c1-22-16(20)18(17(21)23-2)11-13(15-9-6-10-19(15)18)12-24-14-7-4-3-5-8-14/h3-5,7-8,13,15H,6,9-12H2,1-2H3/t13-,15+/m1/s1. The summed E-state index contributed by atoms with van der Waals surface area (Å²) in [6, 6.07) is 10.4. The lowest BCUT2D eigenvalue weighted by atomic mass is 9.90. The number of methoxy groups -OCH3 is 2. The lowest BCUT2D eigenvalue weighted by Crippen LogP contribution is -2.58. The lowest BCUT2D eigenvalue weighted by molar-refractivity contribution is -0.170. The summed E-state index contributed by atoms with van der Waals surface area (Å²) in [5, 5.41) is 0. The van der Waals surface area contributed by atoms with Crippen molar-refractivity contribution < 1.29 is 19.1 Å². The molecule has 2 aliphatic heterocycles. The number of thioether (sulfide) groups is 1. The van der Waals surface area contributed by atoms with Crippen LogP contribution in [0.25, 0.3) is 0 Å². The molecule has 0 bridgehead atoms. The van der Waals surface area contributed by atoms with E-state index >= 15 is 0 Å².